The minimum Gasteiger partial charge on any atom is -0.116 e. The second-order valence-corrected chi connectivity index (χ2v) is 15.0. The van der Waals surface area contributed by atoms with Gasteiger partial charge < -0.3 is 0 Å². The zero-order valence-corrected chi connectivity index (χ0v) is 21.3. The van der Waals surface area contributed by atoms with E-state index in [0.717, 1.165) is 0 Å². The average Bonchev–Trinajstić information content (AvgIpc) is 2.22. The smallest absolute Gasteiger partial charge is 0.116 e. The molecule has 1 atom stereocenters. The lowest BCUT2D eigenvalue weighted by molar-refractivity contribution is 0.515. The van der Waals surface area contributed by atoms with E-state index >= 15 is 0 Å². The third-order valence-electron chi connectivity index (χ3n) is 2.29. The first-order chi connectivity index (χ1) is 9.61. The Balaban J connectivity index is 5.87. The Morgan fingerprint density at radius 1 is 0.565 bits per heavy atom. The highest BCUT2D eigenvalue weighted by molar-refractivity contribution is 6.81. The average molecular weight is 631 g/mol. The quantitative estimate of drug-likeness (QED) is 0.266. The summed E-state index contributed by atoms with van der Waals surface area (Å²) in [5, 5.41) is -1.68. The first-order valence-electron chi connectivity index (χ1n) is 4.90. The second-order valence-electron chi connectivity index (χ2n) is 4.19. The molecule has 0 N–H and O–H groups in total. The van der Waals surface area contributed by atoms with E-state index in [-0.39, 0.29) is 0 Å². The first kappa shape index (κ1) is 27.4. The molecule has 0 rings (SSSR count). The fourth-order valence-corrected chi connectivity index (χ4v) is 5.88. The number of hydrogen-bond donors (Lipinski definition) is 0. The van der Waals surface area contributed by atoms with Crippen molar-refractivity contribution < 1.29 is 0 Å². The van der Waals surface area contributed by atoms with Crippen molar-refractivity contribution in [2.24, 2.45) is 0 Å². The van der Waals surface area contributed by atoms with Crippen LogP contribution in [0, 0.1) is 0 Å². The van der Waals surface area contributed by atoms with Gasteiger partial charge in [-0.2, -0.15) is 0 Å². The topological polar surface area (TPSA) is 0 Å². The van der Waals surface area contributed by atoms with Crippen molar-refractivity contribution >= 4 is 174 Å². The molecule has 0 amide bonds. The van der Waals surface area contributed by atoms with Gasteiger partial charge in [-0.3, -0.25) is 0 Å². The lowest BCUT2D eigenvalue weighted by Gasteiger charge is -2.47. The van der Waals surface area contributed by atoms with Crippen molar-refractivity contribution in [2.75, 3.05) is 0 Å². The number of alkyl halides is 15. The van der Waals surface area contributed by atoms with Gasteiger partial charge in [0, 0.05) is 6.42 Å². The van der Waals surface area contributed by atoms with Crippen LogP contribution in [0.2, 0.25) is 0 Å². The maximum absolute atomic E-state index is 6.11. The summed E-state index contributed by atoms with van der Waals surface area (Å²) in [7, 11) is 0. The molecular formula is C8H3Cl15. The van der Waals surface area contributed by atoms with Crippen molar-refractivity contribution in [3.05, 3.63) is 0 Å². The molecule has 15 heteroatoms. The van der Waals surface area contributed by atoms with Gasteiger partial charge in [0.1, 0.15) is 9.71 Å². The summed E-state index contributed by atoms with van der Waals surface area (Å²) in [6, 6.07) is 0. The third kappa shape index (κ3) is 6.42. The Kier molecular flexibility index (Phi) is 10.2. The molecule has 0 aliphatic rings. The van der Waals surface area contributed by atoms with Gasteiger partial charge in [0.05, 0.1) is 0 Å². The van der Waals surface area contributed by atoms with E-state index in [1.165, 1.54) is 0 Å². The van der Waals surface area contributed by atoms with E-state index in [1.54, 1.807) is 0 Å². The molecule has 0 heterocycles. The van der Waals surface area contributed by atoms with Crippen molar-refractivity contribution in [3.63, 3.8) is 0 Å². The molecule has 0 spiro atoms. The van der Waals surface area contributed by atoms with Gasteiger partial charge in [0.2, 0.25) is 3.79 Å². The predicted octanol–water partition coefficient (Wildman–Crippen LogP) is 9.42. The van der Waals surface area contributed by atoms with Crippen LogP contribution in [0.25, 0.3) is 0 Å². The molecule has 0 aromatic carbocycles. The molecule has 0 saturated heterocycles. The summed E-state index contributed by atoms with van der Waals surface area (Å²) < 4.78 is -14.0. The van der Waals surface area contributed by atoms with Crippen molar-refractivity contribution in [1.82, 2.24) is 0 Å². The van der Waals surface area contributed by atoms with Gasteiger partial charge in [0.25, 0.3) is 0 Å². The molecule has 0 aromatic rings. The van der Waals surface area contributed by atoms with Crippen LogP contribution >= 0.6 is 174 Å². The lowest BCUT2D eigenvalue weighted by Crippen LogP contribution is -2.62. The van der Waals surface area contributed by atoms with Crippen LogP contribution in [0.4, 0.5) is 0 Å². The molecule has 0 aromatic heterocycles. The SMILES string of the molecule is ClC(C(Cl)(Cl)CC(Cl)(Cl)Cl)C(Cl)(Cl)C(Cl)(Cl)C(Cl)(Cl)C(Cl)(Cl)Cl. The lowest BCUT2D eigenvalue weighted by atomic mass is 10.1. The fraction of sp³-hybridized carbons (Fsp3) is 1.00. The monoisotopic (exact) mass is 624 g/mol. The molecule has 0 radical (unpaired) electrons. The van der Waals surface area contributed by atoms with Gasteiger partial charge in [-0.05, 0) is 0 Å². The molecule has 0 fully saturated rings. The first-order valence-corrected chi connectivity index (χ1v) is 10.6. The van der Waals surface area contributed by atoms with E-state index in [2.05, 4.69) is 0 Å². The summed E-state index contributed by atoms with van der Waals surface area (Å²) in [5.74, 6) is 0. The molecule has 0 aliphatic carbocycles. The Bertz CT molecular complexity index is 412. The van der Waals surface area contributed by atoms with Crippen LogP contribution in [-0.4, -0.2) is 30.3 Å². The van der Waals surface area contributed by atoms with E-state index in [0.29, 0.717) is 0 Å². The standard InChI is InChI=1S/C8H3Cl15/c9-2(3(10,11)1-4(12,13)14)5(15,16)6(17,18)7(19,20)8(21,22)23/h2H,1H2. The number of hydrogen-bond acceptors (Lipinski definition) is 0. The van der Waals surface area contributed by atoms with Crippen LogP contribution < -0.4 is 0 Å². The molecule has 0 bridgehead atoms. The third-order valence-corrected chi connectivity index (χ3v) is 10.1. The van der Waals surface area contributed by atoms with Crippen LogP contribution in [0.5, 0.6) is 0 Å². The summed E-state index contributed by atoms with van der Waals surface area (Å²) in [6.07, 6.45) is -0.516. The highest BCUT2D eigenvalue weighted by Crippen LogP contribution is 2.65. The minimum absolute atomic E-state index is 0.516. The maximum Gasteiger partial charge on any atom is 0.226 e. The summed E-state index contributed by atoms with van der Waals surface area (Å²) in [6.45, 7) is 0. The Morgan fingerprint density at radius 3 is 1.17 bits per heavy atom. The molecule has 1 unspecified atom stereocenters. The summed E-state index contributed by atoms with van der Waals surface area (Å²) in [5.41, 5.74) is 0. The van der Waals surface area contributed by atoms with E-state index < -0.39 is 36.7 Å². The second kappa shape index (κ2) is 8.61. The van der Waals surface area contributed by atoms with Gasteiger partial charge >= 0.3 is 0 Å². The Morgan fingerprint density at radius 2 is 0.913 bits per heavy atom. The highest BCUT2D eigenvalue weighted by atomic mass is 35.6. The largest absolute Gasteiger partial charge is 0.226 e. The maximum atomic E-state index is 6.11. The molecule has 0 saturated carbocycles. The van der Waals surface area contributed by atoms with Crippen molar-refractivity contribution in [2.45, 2.75) is 36.7 Å². The molecule has 140 valence electrons. The van der Waals surface area contributed by atoms with E-state index in [1.807, 2.05) is 0 Å². The minimum atomic E-state index is -2.59. The van der Waals surface area contributed by atoms with Crippen LogP contribution in [0.3, 0.4) is 0 Å². The van der Waals surface area contributed by atoms with Crippen molar-refractivity contribution in [3.8, 4) is 0 Å². The molecule has 0 aliphatic heterocycles. The highest BCUT2D eigenvalue weighted by Gasteiger charge is 2.71. The van der Waals surface area contributed by atoms with Crippen LogP contribution in [-0.2, 0) is 0 Å². The molecule has 0 nitrogen and oxygen atoms in total. The Labute approximate surface area is 208 Å². The molecule has 23 heavy (non-hydrogen) atoms. The van der Waals surface area contributed by atoms with E-state index in [4.69, 9.17) is 174 Å². The molecular weight excluding hydrogens is 628 g/mol. The van der Waals surface area contributed by atoms with Gasteiger partial charge in [-0.15, -0.1) is 11.6 Å². The summed E-state index contributed by atoms with van der Waals surface area (Å²) in [4.78, 5) is 0. The fourth-order valence-electron chi connectivity index (χ4n) is 1.17. The van der Waals surface area contributed by atoms with E-state index in [9.17, 15) is 0 Å². The van der Waals surface area contributed by atoms with Crippen LogP contribution in [0.1, 0.15) is 6.42 Å². The zero-order chi connectivity index (χ0) is 19.3. The van der Waals surface area contributed by atoms with Gasteiger partial charge in [-0.25, -0.2) is 0 Å². The predicted molar refractivity (Wildman–Crippen MR) is 113 cm³/mol. The summed E-state index contributed by atoms with van der Waals surface area (Å²) >= 11 is 88.2. The van der Waals surface area contributed by atoms with Crippen molar-refractivity contribution in [1.29, 1.82) is 0 Å². The van der Waals surface area contributed by atoms with Gasteiger partial charge in [0.15, 0.2) is 16.8 Å². The number of halogens is 15. The normalized spacial score (nSPS) is 17.3. The zero-order valence-electron chi connectivity index (χ0n) is 9.95. The number of rotatable bonds is 5. The Hall–Kier alpha value is 4.35. The van der Waals surface area contributed by atoms with Crippen LogP contribution in [0.15, 0.2) is 0 Å². The van der Waals surface area contributed by atoms with Gasteiger partial charge in [-0.1, -0.05) is 162 Å².